The zero-order valence-corrected chi connectivity index (χ0v) is 17.0. The number of amides is 1. The van der Waals surface area contributed by atoms with E-state index in [1.807, 2.05) is 24.3 Å². The Morgan fingerprint density at radius 1 is 1.18 bits per heavy atom. The Morgan fingerprint density at radius 3 is 2.64 bits per heavy atom. The van der Waals surface area contributed by atoms with E-state index < -0.39 is 17.9 Å². The quantitative estimate of drug-likeness (QED) is 0.554. The van der Waals surface area contributed by atoms with E-state index in [1.54, 1.807) is 24.3 Å². The Morgan fingerprint density at radius 2 is 1.89 bits per heavy atom. The lowest BCUT2D eigenvalue weighted by Crippen LogP contribution is -2.39. The van der Waals surface area contributed by atoms with Crippen molar-refractivity contribution in [1.82, 2.24) is 15.5 Å². The van der Waals surface area contributed by atoms with Crippen molar-refractivity contribution in [3.05, 3.63) is 69.5 Å². The van der Waals surface area contributed by atoms with Crippen LogP contribution in [0, 0.1) is 0 Å². The highest BCUT2D eigenvalue weighted by Gasteiger charge is 2.20. The molecule has 0 spiro atoms. The first-order valence-corrected chi connectivity index (χ1v) is 9.42. The van der Waals surface area contributed by atoms with Crippen LogP contribution < -0.4 is 5.32 Å². The molecular formula is C19H15BrClN3O4. The third-order valence-corrected chi connectivity index (χ3v) is 4.75. The molecule has 0 radical (unpaired) electrons. The molecule has 144 valence electrons. The van der Waals surface area contributed by atoms with Gasteiger partial charge in [-0.05, 0) is 47.1 Å². The fraction of sp³-hybridized carbons (Fsp3) is 0.158. The summed E-state index contributed by atoms with van der Waals surface area (Å²) in [5, 5.41) is 10.6. The maximum atomic E-state index is 12.2. The normalized spacial score (nSPS) is 11.7. The number of rotatable bonds is 6. The number of aromatic nitrogens is 2. The van der Waals surface area contributed by atoms with E-state index in [9.17, 15) is 9.59 Å². The van der Waals surface area contributed by atoms with E-state index in [0.29, 0.717) is 10.9 Å². The Labute approximate surface area is 174 Å². The second-order valence-electron chi connectivity index (χ2n) is 5.76. The maximum absolute atomic E-state index is 12.2. The lowest BCUT2D eigenvalue weighted by atomic mass is 10.2. The first-order valence-electron chi connectivity index (χ1n) is 8.25. The van der Waals surface area contributed by atoms with Gasteiger partial charge < -0.3 is 14.5 Å². The average molecular weight is 465 g/mol. The van der Waals surface area contributed by atoms with E-state index in [0.717, 1.165) is 10.0 Å². The van der Waals surface area contributed by atoms with Crippen molar-refractivity contribution in [1.29, 1.82) is 0 Å². The molecule has 7 nitrogen and oxygen atoms in total. The molecule has 1 amide bonds. The third kappa shape index (κ3) is 4.76. The number of hydrogen-bond acceptors (Lipinski definition) is 6. The molecule has 0 fully saturated rings. The van der Waals surface area contributed by atoms with Crippen LogP contribution in [0.4, 0.5) is 0 Å². The summed E-state index contributed by atoms with van der Waals surface area (Å²) in [6.07, 6.45) is 0. The summed E-state index contributed by atoms with van der Waals surface area (Å²) in [5.41, 5.74) is 1.01. The molecule has 9 heteroatoms. The summed E-state index contributed by atoms with van der Waals surface area (Å²) < 4.78 is 11.5. The summed E-state index contributed by atoms with van der Waals surface area (Å²) in [7, 11) is 0. The maximum Gasteiger partial charge on any atom is 0.328 e. The summed E-state index contributed by atoms with van der Waals surface area (Å²) in [6.45, 7) is 1.31. The second-order valence-corrected chi connectivity index (χ2v) is 7.03. The highest BCUT2D eigenvalue weighted by Crippen LogP contribution is 2.26. The van der Waals surface area contributed by atoms with Crippen LogP contribution in [0.2, 0.25) is 5.02 Å². The van der Waals surface area contributed by atoms with Gasteiger partial charge in [0.05, 0.1) is 16.1 Å². The Kier molecular flexibility index (Phi) is 6.43. The Hall–Kier alpha value is -2.71. The average Bonchev–Trinajstić information content (AvgIpc) is 3.15. The van der Waals surface area contributed by atoms with Crippen molar-refractivity contribution in [3.63, 3.8) is 0 Å². The van der Waals surface area contributed by atoms with E-state index >= 15 is 0 Å². The number of nitrogens with zero attached hydrogens (tertiary/aromatic N) is 2. The second kappa shape index (κ2) is 8.99. The molecule has 1 unspecified atom stereocenters. The van der Waals surface area contributed by atoms with Crippen molar-refractivity contribution < 1.29 is 18.7 Å². The Balaban J connectivity index is 1.56. The predicted molar refractivity (Wildman–Crippen MR) is 106 cm³/mol. The van der Waals surface area contributed by atoms with Crippen molar-refractivity contribution in [2.45, 2.75) is 19.6 Å². The summed E-state index contributed by atoms with van der Waals surface area (Å²) in [5.74, 6) is -0.660. The van der Waals surface area contributed by atoms with Crippen LogP contribution in [-0.2, 0) is 16.1 Å². The molecule has 1 aromatic heterocycles. The highest BCUT2D eigenvalue weighted by atomic mass is 79.9. The van der Waals surface area contributed by atoms with Crippen LogP contribution >= 0.6 is 27.5 Å². The molecule has 0 aliphatic carbocycles. The molecule has 0 saturated heterocycles. The van der Waals surface area contributed by atoms with E-state index in [4.69, 9.17) is 20.8 Å². The summed E-state index contributed by atoms with van der Waals surface area (Å²) in [4.78, 5) is 24.3. The number of halogens is 2. The summed E-state index contributed by atoms with van der Waals surface area (Å²) >= 11 is 9.39. The molecule has 0 aliphatic rings. The lowest BCUT2D eigenvalue weighted by Gasteiger charge is -2.13. The van der Waals surface area contributed by atoms with Gasteiger partial charge in [-0.15, -0.1) is 10.2 Å². The van der Waals surface area contributed by atoms with Gasteiger partial charge >= 0.3 is 5.97 Å². The predicted octanol–water partition coefficient (Wildman–Crippen LogP) is 4.01. The largest absolute Gasteiger partial charge is 0.454 e. The van der Waals surface area contributed by atoms with Crippen molar-refractivity contribution in [2.75, 3.05) is 0 Å². The highest BCUT2D eigenvalue weighted by molar-refractivity contribution is 9.10. The van der Waals surface area contributed by atoms with Gasteiger partial charge in [0.1, 0.15) is 6.04 Å². The van der Waals surface area contributed by atoms with Crippen molar-refractivity contribution >= 4 is 39.4 Å². The molecule has 1 N–H and O–H groups in total. The molecule has 0 aliphatic heterocycles. The first kappa shape index (κ1) is 20.0. The van der Waals surface area contributed by atoms with Gasteiger partial charge in [0.25, 0.3) is 11.8 Å². The number of carbonyl (C=O) groups is 2. The number of nitrogens with one attached hydrogen (secondary N) is 1. The molecule has 3 aromatic rings. The van der Waals surface area contributed by atoms with Gasteiger partial charge in [0.2, 0.25) is 5.89 Å². The molecule has 0 saturated carbocycles. The van der Waals surface area contributed by atoms with Gasteiger partial charge in [0, 0.05) is 4.47 Å². The van der Waals surface area contributed by atoms with E-state index in [-0.39, 0.29) is 18.1 Å². The third-order valence-electron chi connectivity index (χ3n) is 3.73. The van der Waals surface area contributed by atoms with E-state index in [2.05, 4.69) is 31.4 Å². The van der Waals surface area contributed by atoms with Crippen molar-refractivity contribution in [3.8, 4) is 11.5 Å². The molecule has 2 aromatic carbocycles. The number of ether oxygens (including phenoxy) is 1. The van der Waals surface area contributed by atoms with Gasteiger partial charge in [-0.25, -0.2) is 4.79 Å². The van der Waals surface area contributed by atoms with Crippen LogP contribution in [0.25, 0.3) is 11.5 Å². The fourth-order valence-electron chi connectivity index (χ4n) is 2.29. The van der Waals surface area contributed by atoms with Crippen LogP contribution in [0.3, 0.4) is 0 Å². The standard InChI is InChI=1S/C19H15BrClN3O4/c1-11(22-17(25)13-7-3-5-9-15(13)21)19(26)27-10-16-23-24-18(28-16)12-6-2-4-8-14(12)20/h2-9,11H,10H2,1H3,(H,22,25). The molecule has 0 bridgehead atoms. The molecular weight excluding hydrogens is 450 g/mol. The van der Waals surface area contributed by atoms with Crippen LogP contribution in [-0.4, -0.2) is 28.1 Å². The number of hydrogen-bond donors (Lipinski definition) is 1. The van der Waals surface area contributed by atoms with E-state index in [1.165, 1.54) is 6.92 Å². The minimum Gasteiger partial charge on any atom is -0.454 e. The fourth-order valence-corrected chi connectivity index (χ4v) is 2.97. The van der Waals surface area contributed by atoms with Crippen LogP contribution in [0.5, 0.6) is 0 Å². The number of benzene rings is 2. The molecule has 1 heterocycles. The zero-order valence-electron chi connectivity index (χ0n) is 14.7. The minimum absolute atomic E-state index is 0.142. The number of carbonyl (C=O) groups excluding carboxylic acids is 2. The molecule has 3 rings (SSSR count). The van der Waals surface area contributed by atoms with Gasteiger partial charge in [0.15, 0.2) is 6.61 Å². The van der Waals surface area contributed by atoms with Gasteiger partial charge in [-0.2, -0.15) is 0 Å². The molecule has 1 atom stereocenters. The van der Waals surface area contributed by atoms with Crippen LogP contribution in [0.1, 0.15) is 23.2 Å². The lowest BCUT2D eigenvalue weighted by molar-refractivity contribution is -0.147. The Bertz CT molecular complexity index is 1010. The number of esters is 1. The monoisotopic (exact) mass is 463 g/mol. The topological polar surface area (TPSA) is 94.3 Å². The van der Waals surface area contributed by atoms with Gasteiger partial charge in [-0.3, -0.25) is 4.79 Å². The smallest absolute Gasteiger partial charge is 0.328 e. The minimum atomic E-state index is -0.880. The molecule has 28 heavy (non-hydrogen) atoms. The zero-order chi connectivity index (χ0) is 20.1. The van der Waals surface area contributed by atoms with Gasteiger partial charge in [-0.1, -0.05) is 35.9 Å². The van der Waals surface area contributed by atoms with Crippen molar-refractivity contribution in [2.24, 2.45) is 0 Å². The van der Waals surface area contributed by atoms with Crippen LogP contribution in [0.15, 0.2) is 57.4 Å². The first-order chi connectivity index (χ1) is 13.5. The SMILES string of the molecule is CC(NC(=O)c1ccccc1Cl)C(=O)OCc1nnc(-c2ccccc2Br)o1. The summed E-state index contributed by atoms with van der Waals surface area (Å²) in [6, 6.07) is 13.1.